The van der Waals surface area contributed by atoms with E-state index in [2.05, 4.69) is 66.9 Å². The van der Waals surface area contributed by atoms with Gasteiger partial charge in [-0.1, -0.05) is 107 Å². The molecule has 0 atom stereocenters. The number of anilines is 1. The number of fused-ring (bicyclic) bond motifs is 1. The summed E-state index contributed by atoms with van der Waals surface area (Å²) in [6.07, 6.45) is 23.9. The van der Waals surface area contributed by atoms with Gasteiger partial charge in [-0.15, -0.1) is 0 Å². The normalized spacial score (nSPS) is 11.5. The number of hydrogen-bond donors (Lipinski definition) is 1. The Morgan fingerprint density at radius 3 is 1.90 bits per heavy atom. The van der Waals surface area contributed by atoms with Gasteiger partial charge in [-0.25, -0.2) is 0 Å². The van der Waals surface area contributed by atoms with E-state index in [1.165, 1.54) is 106 Å². The van der Waals surface area contributed by atoms with Gasteiger partial charge in [0.05, 0.1) is 0 Å². The third-order valence-corrected chi connectivity index (χ3v) is 5.77. The van der Waals surface area contributed by atoms with E-state index in [0.29, 0.717) is 0 Å². The zero-order valence-electron chi connectivity index (χ0n) is 18.8. The first-order valence-electron chi connectivity index (χ1n) is 12.3. The lowest BCUT2D eigenvalue weighted by Crippen LogP contribution is -2.01. The molecule has 0 amide bonds. The molecule has 0 unspecified atom stereocenters. The molecular weight excluding hydrogens is 350 g/mol. The van der Waals surface area contributed by atoms with Crippen molar-refractivity contribution in [1.29, 1.82) is 0 Å². The molecule has 0 spiro atoms. The van der Waals surface area contributed by atoms with E-state index < -0.39 is 0 Å². The van der Waals surface area contributed by atoms with Crippen molar-refractivity contribution in [3.63, 3.8) is 0 Å². The second-order valence-corrected chi connectivity index (χ2v) is 8.43. The summed E-state index contributed by atoms with van der Waals surface area (Å²) in [5, 5.41) is 6.21. The molecule has 0 aromatic heterocycles. The molecule has 0 bridgehead atoms. The standard InChI is InChI=1S/C28H43N/c1-2-3-4-5-6-7-8-9-10-11-12-13-14-15-16-19-24-29-28-23-22-26-20-17-18-21-27(26)25-28/h9-10,17-18,20-23,25,29H,2-8,11-16,19,24H2,1H3/b10-9-. The van der Waals surface area contributed by atoms with E-state index in [1.807, 2.05) is 0 Å². The second-order valence-electron chi connectivity index (χ2n) is 8.43. The molecule has 1 nitrogen and oxygen atoms in total. The molecular formula is C28H43N. The summed E-state index contributed by atoms with van der Waals surface area (Å²) in [7, 11) is 0. The van der Waals surface area contributed by atoms with Crippen LogP contribution in [0.4, 0.5) is 5.69 Å². The minimum absolute atomic E-state index is 1.08. The van der Waals surface area contributed by atoms with Gasteiger partial charge in [0.2, 0.25) is 0 Å². The van der Waals surface area contributed by atoms with Crippen LogP contribution in [0.1, 0.15) is 96.8 Å². The van der Waals surface area contributed by atoms with Gasteiger partial charge in [0.1, 0.15) is 0 Å². The number of rotatable bonds is 17. The average Bonchev–Trinajstić information content (AvgIpc) is 2.76. The Balaban J connectivity index is 1.36. The highest BCUT2D eigenvalue weighted by atomic mass is 14.9. The van der Waals surface area contributed by atoms with Crippen molar-refractivity contribution in [1.82, 2.24) is 0 Å². The zero-order chi connectivity index (χ0) is 20.4. The lowest BCUT2D eigenvalue weighted by molar-refractivity contribution is 0.602. The number of allylic oxidation sites excluding steroid dienone is 2. The summed E-state index contributed by atoms with van der Waals surface area (Å²) in [5.41, 5.74) is 1.25. The molecule has 29 heavy (non-hydrogen) atoms. The highest BCUT2D eigenvalue weighted by molar-refractivity contribution is 5.85. The predicted molar refractivity (Wildman–Crippen MR) is 132 cm³/mol. The van der Waals surface area contributed by atoms with E-state index in [1.54, 1.807) is 0 Å². The fourth-order valence-electron chi connectivity index (χ4n) is 3.90. The molecule has 2 rings (SSSR count). The predicted octanol–water partition coefficient (Wildman–Crippen LogP) is 9.29. The fraction of sp³-hybridized carbons (Fsp3) is 0.571. The van der Waals surface area contributed by atoms with Crippen molar-refractivity contribution >= 4 is 16.5 Å². The van der Waals surface area contributed by atoms with Gasteiger partial charge in [0.15, 0.2) is 0 Å². The Hall–Kier alpha value is -1.76. The van der Waals surface area contributed by atoms with Crippen LogP contribution in [0.5, 0.6) is 0 Å². The summed E-state index contributed by atoms with van der Waals surface area (Å²) >= 11 is 0. The number of unbranched alkanes of at least 4 members (excludes halogenated alkanes) is 12. The van der Waals surface area contributed by atoms with Gasteiger partial charge >= 0.3 is 0 Å². The van der Waals surface area contributed by atoms with E-state index in [4.69, 9.17) is 0 Å². The Morgan fingerprint density at radius 1 is 0.621 bits per heavy atom. The van der Waals surface area contributed by atoms with Crippen LogP contribution in [0.3, 0.4) is 0 Å². The lowest BCUT2D eigenvalue weighted by Gasteiger charge is -2.07. The molecule has 0 radical (unpaired) electrons. The number of nitrogens with one attached hydrogen (secondary N) is 1. The van der Waals surface area contributed by atoms with Gasteiger partial charge in [-0.2, -0.15) is 0 Å². The Kier molecular flexibility index (Phi) is 13.0. The third kappa shape index (κ3) is 11.1. The summed E-state index contributed by atoms with van der Waals surface area (Å²) in [5.74, 6) is 0. The smallest absolute Gasteiger partial charge is 0.0346 e. The second kappa shape index (κ2) is 16.1. The van der Waals surface area contributed by atoms with Crippen LogP contribution in [-0.2, 0) is 0 Å². The first-order chi connectivity index (χ1) is 14.4. The maximum Gasteiger partial charge on any atom is 0.0346 e. The van der Waals surface area contributed by atoms with Crippen molar-refractivity contribution in [3.05, 3.63) is 54.6 Å². The van der Waals surface area contributed by atoms with Crippen molar-refractivity contribution in [2.24, 2.45) is 0 Å². The SMILES string of the molecule is CCCCCCCC/C=C\CCCCCCCCNc1ccc2ccccc2c1. The number of benzene rings is 2. The van der Waals surface area contributed by atoms with Crippen LogP contribution in [-0.4, -0.2) is 6.54 Å². The van der Waals surface area contributed by atoms with E-state index >= 15 is 0 Å². The maximum absolute atomic E-state index is 3.58. The molecule has 1 N–H and O–H groups in total. The molecule has 0 heterocycles. The van der Waals surface area contributed by atoms with Crippen LogP contribution in [0.15, 0.2) is 54.6 Å². The van der Waals surface area contributed by atoms with E-state index in [-0.39, 0.29) is 0 Å². The highest BCUT2D eigenvalue weighted by Crippen LogP contribution is 2.19. The van der Waals surface area contributed by atoms with Crippen molar-refractivity contribution in [3.8, 4) is 0 Å². The average molecular weight is 394 g/mol. The number of hydrogen-bond acceptors (Lipinski definition) is 1. The minimum atomic E-state index is 1.08. The molecule has 160 valence electrons. The van der Waals surface area contributed by atoms with Crippen LogP contribution in [0, 0.1) is 0 Å². The van der Waals surface area contributed by atoms with Gasteiger partial charge < -0.3 is 5.32 Å². The lowest BCUT2D eigenvalue weighted by atomic mass is 10.1. The Labute approximate surface area is 180 Å². The molecule has 1 heteroatoms. The van der Waals surface area contributed by atoms with Crippen LogP contribution in [0.25, 0.3) is 10.8 Å². The molecule has 0 saturated carbocycles. The van der Waals surface area contributed by atoms with Crippen molar-refractivity contribution in [2.75, 3.05) is 11.9 Å². The molecule has 0 aliphatic rings. The largest absolute Gasteiger partial charge is 0.385 e. The first kappa shape index (κ1) is 23.5. The van der Waals surface area contributed by atoms with Crippen molar-refractivity contribution in [2.45, 2.75) is 96.8 Å². The van der Waals surface area contributed by atoms with Crippen LogP contribution >= 0.6 is 0 Å². The highest BCUT2D eigenvalue weighted by Gasteiger charge is 1.96. The minimum Gasteiger partial charge on any atom is -0.385 e. The molecule has 0 saturated heterocycles. The van der Waals surface area contributed by atoms with Gasteiger partial charge in [0, 0.05) is 12.2 Å². The van der Waals surface area contributed by atoms with Crippen molar-refractivity contribution < 1.29 is 0 Å². The van der Waals surface area contributed by atoms with Gasteiger partial charge in [-0.3, -0.25) is 0 Å². The van der Waals surface area contributed by atoms with Gasteiger partial charge in [0.25, 0.3) is 0 Å². The summed E-state index contributed by atoms with van der Waals surface area (Å²) in [4.78, 5) is 0. The molecule has 0 aliphatic heterocycles. The first-order valence-corrected chi connectivity index (χ1v) is 12.3. The van der Waals surface area contributed by atoms with E-state index in [0.717, 1.165) is 6.54 Å². The topological polar surface area (TPSA) is 12.0 Å². The molecule has 2 aromatic rings. The summed E-state index contributed by atoms with van der Waals surface area (Å²) < 4.78 is 0. The molecule has 2 aromatic carbocycles. The van der Waals surface area contributed by atoms with Gasteiger partial charge in [-0.05, 0) is 55.0 Å². The summed E-state index contributed by atoms with van der Waals surface area (Å²) in [6.45, 7) is 3.37. The van der Waals surface area contributed by atoms with Crippen LogP contribution < -0.4 is 5.32 Å². The fourth-order valence-corrected chi connectivity index (χ4v) is 3.90. The monoisotopic (exact) mass is 393 g/mol. The maximum atomic E-state index is 3.58. The quantitative estimate of drug-likeness (QED) is 0.208. The van der Waals surface area contributed by atoms with Crippen LogP contribution in [0.2, 0.25) is 0 Å². The summed E-state index contributed by atoms with van der Waals surface area (Å²) in [6, 6.07) is 15.2. The Bertz CT molecular complexity index is 673. The zero-order valence-corrected chi connectivity index (χ0v) is 18.8. The molecule has 0 fully saturated rings. The third-order valence-electron chi connectivity index (χ3n) is 5.77. The molecule has 0 aliphatic carbocycles. The van der Waals surface area contributed by atoms with E-state index in [9.17, 15) is 0 Å². The Morgan fingerprint density at radius 2 is 1.21 bits per heavy atom.